The predicted molar refractivity (Wildman–Crippen MR) is 100 cm³/mol. The van der Waals surface area contributed by atoms with E-state index in [0.29, 0.717) is 13.1 Å². The Labute approximate surface area is 158 Å². The SMILES string of the molecule is CC(C)(C)OC(=O)NCCC(=O)NC1CCN(C(=O)c2cccs2)CC1. The summed E-state index contributed by atoms with van der Waals surface area (Å²) in [5.41, 5.74) is -0.555. The first-order chi connectivity index (χ1) is 12.2. The average molecular weight is 381 g/mol. The number of carbonyl (C=O) groups excluding carboxylic acids is 3. The number of amides is 3. The van der Waals surface area contributed by atoms with Gasteiger partial charge in [-0.05, 0) is 45.1 Å². The lowest BCUT2D eigenvalue weighted by Gasteiger charge is -2.32. The largest absolute Gasteiger partial charge is 0.444 e. The minimum atomic E-state index is -0.555. The van der Waals surface area contributed by atoms with E-state index in [9.17, 15) is 14.4 Å². The van der Waals surface area contributed by atoms with Gasteiger partial charge >= 0.3 is 6.09 Å². The van der Waals surface area contributed by atoms with Crippen LogP contribution >= 0.6 is 11.3 Å². The molecular formula is C18H27N3O4S. The molecule has 1 aliphatic heterocycles. The predicted octanol–water partition coefficient (Wildman–Crippen LogP) is 2.38. The molecule has 1 aromatic rings. The third-order valence-electron chi connectivity index (χ3n) is 3.90. The molecule has 144 valence electrons. The van der Waals surface area contributed by atoms with Gasteiger partial charge < -0.3 is 20.3 Å². The Kier molecular flexibility index (Phi) is 7.02. The standard InChI is InChI=1S/C18H27N3O4S/c1-18(2,3)25-17(24)19-9-6-15(22)20-13-7-10-21(11-8-13)16(23)14-5-4-12-26-14/h4-5,12-13H,6-11H2,1-3H3,(H,19,24)(H,20,22). The van der Waals surface area contributed by atoms with Crippen molar-refractivity contribution >= 4 is 29.2 Å². The molecule has 2 N–H and O–H groups in total. The molecule has 0 radical (unpaired) electrons. The van der Waals surface area contributed by atoms with Crippen molar-refractivity contribution in [3.63, 3.8) is 0 Å². The molecule has 0 aliphatic carbocycles. The molecule has 8 heteroatoms. The Balaban J connectivity index is 1.63. The molecule has 26 heavy (non-hydrogen) atoms. The third kappa shape index (κ3) is 6.67. The van der Waals surface area contributed by atoms with E-state index in [1.807, 2.05) is 22.4 Å². The molecule has 2 rings (SSSR count). The van der Waals surface area contributed by atoms with Gasteiger partial charge in [-0.25, -0.2) is 4.79 Å². The van der Waals surface area contributed by atoms with E-state index in [-0.39, 0.29) is 30.8 Å². The Morgan fingerprint density at radius 3 is 2.54 bits per heavy atom. The van der Waals surface area contributed by atoms with Crippen LogP contribution in [0.4, 0.5) is 4.79 Å². The van der Waals surface area contributed by atoms with Crippen LogP contribution in [0.2, 0.25) is 0 Å². The monoisotopic (exact) mass is 381 g/mol. The van der Waals surface area contributed by atoms with Gasteiger partial charge in [0, 0.05) is 32.1 Å². The molecule has 0 saturated carbocycles. The van der Waals surface area contributed by atoms with Gasteiger partial charge in [0.1, 0.15) is 5.60 Å². The highest BCUT2D eigenvalue weighted by Crippen LogP contribution is 2.17. The molecule has 0 unspecified atom stereocenters. The van der Waals surface area contributed by atoms with E-state index in [2.05, 4.69) is 10.6 Å². The lowest BCUT2D eigenvalue weighted by atomic mass is 10.0. The summed E-state index contributed by atoms with van der Waals surface area (Å²) in [5, 5.41) is 7.43. The molecule has 2 heterocycles. The van der Waals surface area contributed by atoms with E-state index in [1.165, 1.54) is 11.3 Å². The number of hydrogen-bond acceptors (Lipinski definition) is 5. The Bertz CT molecular complexity index is 617. The smallest absolute Gasteiger partial charge is 0.407 e. The van der Waals surface area contributed by atoms with Crippen LogP contribution in [-0.2, 0) is 9.53 Å². The van der Waals surface area contributed by atoms with Gasteiger partial charge in [-0.3, -0.25) is 9.59 Å². The second kappa shape index (κ2) is 9.02. The molecular weight excluding hydrogens is 354 g/mol. The number of rotatable bonds is 5. The van der Waals surface area contributed by atoms with E-state index in [4.69, 9.17) is 4.74 Å². The van der Waals surface area contributed by atoms with Crippen LogP contribution < -0.4 is 10.6 Å². The number of thiophene rings is 1. The summed E-state index contributed by atoms with van der Waals surface area (Å²) in [6.07, 6.45) is 1.16. The van der Waals surface area contributed by atoms with Gasteiger partial charge in [0.15, 0.2) is 0 Å². The summed E-state index contributed by atoms with van der Waals surface area (Å²) < 4.78 is 5.12. The van der Waals surface area contributed by atoms with Gasteiger partial charge in [-0.2, -0.15) is 0 Å². The van der Waals surface area contributed by atoms with E-state index in [0.717, 1.165) is 17.7 Å². The quantitative estimate of drug-likeness (QED) is 0.820. The van der Waals surface area contributed by atoms with Crippen LogP contribution in [0.3, 0.4) is 0 Å². The molecule has 1 aromatic heterocycles. The van der Waals surface area contributed by atoms with Crippen molar-refractivity contribution in [3.8, 4) is 0 Å². The molecule has 1 fully saturated rings. The highest BCUT2D eigenvalue weighted by atomic mass is 32.1. The minimum absolute atomic E-state index is 0.0614. The van der Waals surface area contributed by atoms with E-state index >= 15 is 0 Å². The van der Waals surface area contributed by atoms with E-state index in [1.54, 1.807) is 20.8 Å². The normalized spacial score (nSPS) is 15.4. The van der Waals surface area contributed by atoms with Gasteiger partial charge in [0.2, 0.25) is 5.91 Å². The number of ether oxygens (including phenoxy) is 1. The number of piperidine rings is 1. The molecule has 1 aliphatic rings. The van der Waals surface area contributed by atoms with Crippen LogP contribution in [0, 0.1) is 0 Å². The molecule has 0 aromatic carbocycles. The minimum Gasteiger partial charge on any atom is -0.444 e. The maximum absolute atomic E-state index is 12.3. The summed E-state index contributed by atoms with van der Waals surface area (Å²) in [5.74, 6) is -0.0459. The number of alkyl carbamates (subject to hydrolysis) is 1. The summed E-state index contributed by atoms with van der Waals surface area (Å²) in [4.78, 5) is 38.4. The molecule has 7 nitrogen and oxygen atoms in total. The second-order valence-corrected chi connectivity index (χ2v) is 8.24. The van der Waals surface area contributed by atoms with Crippen molar-refractivity contribution in [2.24, 2.45) is 0 Å². The van der Waals surface area contributed by atoms with Gasteiger partial charge in [-0.15, -0.1) is 11.3 Å². The highest BCUT2D eigenvalue weighted by molar-refractivity contribution is 7.12. The Hall–Kier alpha value is -2.09. The molecule has 0 atom stereocenters. The summed E-state index contributed by atoms with van der Waals surface area (Å²) in [6.45, 7) is 6.87. The van der Waals surface area contributed by atoms with Crippen molar-refractivity contribution in [1.29, 1.82) is 0 Å². The topological polar surface area (TPSA) is 87.7 Å². The fourth-order valence-corrected chi connectivity index (χ4v) is 3.37. The first-order valence-electron chi connectivity index (χ1n) is 8.83. The zero-order valence-electron chi connectivity index (χ0n) is 15.5. The van der Waals surface area contributed by atoms with Crippen LogP contribution in [0.5, 0.6) is 0 Å². The Morgan fingerprint density at radius 2 is 1.96 bits per heavy atom. The van der Waals surface area contributed by atoms with Crippen molar-refractivity contribution in [2.75, 3.05) is 19.6 Å². The molecule has 1 saturated heterocycles. The first kappa shape index (κ1) is 20.2. The van der Waals surface area contributed by atoms with Crippen molar-refractivity contribution in [1.82, 2.24) is 15.5 Å². The van der Waals surface area contributed by atoms with Crippen LogP contribution in [0.25, 0.3) is 0 Å². The maximum atomic E-state index is 12.3. The van der Waals surface area contributed by atoms with Gasteiger partial charge in [0.05, 0.1) is 4.88 Å². The number of nitrogens with zero attached hydrogens (tertiary/aromatic N) is 1. The summed E-state index contributed by atoms with van der Waals surface area (Å²) in [7, 11) is 0. The zero-order valence-corrected chi connectivity index (χ0v) is 16.4. The van der Waals surface area contributed by atoms with Crippen LogP contribution in [-0.4, -0.2) is 54.1 Å². The fourth-order valence-electron chi connectivity index (χ4n) is 2.68. The van der Waals surface area contributed by atoms with E-state index < -0.39 is 11.7 Å². The summed E-state index contributed by atoms with van der Waals surface area (Å²) >= 11 is 1.45. The average Bonchev–Trinajstić information content (AvgIpc) is 3.07. The van der Waals surface area contributed by atoms with Gasteiger partial charge in [0.25, 0.3) is 5.91 Å². The van der Waals surface area contributed by atoms with Crippen molar-refractivity contribution < 1.29 is 19.1 Å². The highest BCUT2D eigenvalue weighted by Gasteiger charge is 2.25. The zero-order chi connectivity index (χ0) is 19.2. The molecule has 0 spiro atoms. The second-order valence-electron chi connectivity index (χ2n) is 7.29. The lowest BCUT2D eigenvalue weighted by Crippen LogP contribution is -2.47. The summed E-state index contributed by atoms with van der Waals surface area (Å²) in [6, 6.07) is 3.77. The fraction of sp³-hybridized carbons (Fsp3) is 0.611. The lowest BCUT2D eigenvalue weighted by molar-refractivity contribution is -0.121. The molecule has 0 bridgehead atoms. The van der Waals surface area contributed by atoms with Crippen LogP contribution in [0.15, 0.2) is 17.5 Å². The number of nitrogens with one attached hydrogen (secondary N) is 2. The Morgan fingerprint density at radius 1 is 1.27 bits per heavy atom. The maximum Gasteiger partial charge on any atom is 0.407 e. The number of likely N-dealkylation sites (tertiary alicyclic amines) is 1. The van der Waals surface area contributed by atoms with Crippen LogP contribution in [0.1, 0.15) is 49.7 Å². The number of hydrogen-bond donors (Lipinski definition) is 2. The van der Waals surface area contributed by atoms with Crippen molar-refractivity contribution in [2.45, 2.75) is 51.7 Å². The number of carbonyl (C=O) groups is 3. The molecule has 3 amide bonds. The van der Waals surface area contributed by atoms with Crippen molar-refractivity contribution in [3.05, 3.63) is 22.4 Å². The third-order valence-corrected chi connectivity index (χ3v) is 4.76. The van der Waals surface area contributed by atoms with Gasteiger partial charge in [-0.1, -0.05) is 6.07 Å². The first-order valence-corrected chi connectivity index (χ1v) is 9.71.